The summed E-state index contributed by atoms with van der Waals surface area (Å²) in [5.74, 6) is 0.828. The minimum absolute atomic E-state index is 0.437. The smallest absolute Gasteiger partial charge is 0.119 e. The molecule has 0 heterocycles. The molecule has 1 radical (unpaired) electrons. The van der Waals surface area contributed by atoms with Gasteiger partial charge in [-0.3, -0.25) is 0 Å². The SMILES string of the molecule is [CH2]COc1ccc2ccc(Cl)cc2c1. The first-order chi connectivity index (χ1) is 6.79. The van der Waals surface area contributed by atoms with Crippen LogP contribution in [0, 0.1) is 6.92 Å². The summed E-state index contributed by atoms with van der Waals surface area (Å²) in [5.41, 5.74) is 0. The van der Waals surface area contributed by atoms with E-state index < -0.39 is 0 Å². The fourth-order valence-corrected chi connectivity index (χ4v) is 1.58. The highest BCUT2D eigenvalue weighted by Gasteiger charge is 1.97. The van der Waals surface area contributed by atoms with Crippen LogP contribution in [-0.4, -0.2) is 6.61 Å². The van der Waals surface area contributed by atoms with E-state index in [1.807, 2.05) is 36.4 Å². The normalized spacial score (nSPS) is 10.4. The molecule has 0 aliphatic carbocycles. The minimum Gasteiger partial charge on any atom is -0.494 e. The summed E-state index contributed by atoms with van der Waals surface area (Å²) in [4.78, 5) is 0. The maximum Gasteiger partial charge on any atom is 0.119 e. The summed E-state index contributed by atoms with van der Waals surface area (Å²) >= 11 is 5.89. The van der Waals surface area contributed by atoms with Crippen LogP contribution in [0.4, 0.5) is 0 Å². The van der Waals surface area contributed by atoms with Gasteiger partial charge in [0.25, 0.3) is 0 Å². The largest absolute Gasteiger partial charge is 0.494 e. The Bertz CT molecular complexity index is 451. The van der Waals surface area contributed by atoms with Crippen LogP contribution in [0.3, 0.4) is 0 Å². The number of fused-ring (bicyclic) bond motifs is 1. The highest BCUT2D eigenvalue weighted by Crippen LogP contribution is 2.23. The van der Waals surface area contributed by atoms with Crippen molar-refractivity contribution in [2.45, 2.75) is 0 Å². The lowest BCUT2D eigenvalue weighted by Gasteiger charge is -2.04. The summed E-state index contributed by atoms with van der Waals surface area (Å²) in [6.07, 6.45) is 0. The molecular formula is C12H10ClO. The Balaban J connectivity index is 2.52. The van der Waals surface area contributed by atoms with E-state index in [-0.39, 0.29) is 0 Å². The second-order valence-electron chi connectivity index (χ2n) is 3.00. The predicted octanol–water partition coefficient (Wildman–Crippen LogP) is 3.71. The van der Waals surface area contributed by atoms with Crippen LogP contribution in [0.5, 0.6) is 5.75 Å². The van der Waals surface area contributed by atoms with Gasteiger partial charge in [-0.25, -0.2) is 0 Å². The molecule has 2 heteroatoms. The Morgan fingerprint density at radius 1 is 1.07 bits per heavy atom. The van der Waals surface area contributed by atoms with Crippen LogP contribution in [0.2, 0.25) is 5.02 Å². The van der Waals surface area contributed by atoms with Gasteiger partial charge in [0.1, 0.15) is 5.75 Å². The quantitative estimate of drug-likeness (QED) is 0.727. The van der Waals surface area contributed by atoms with Crippen LogP contribution >= 0.6 is 11.6 Å². The van der Waals surface area contributed by atoms with Crippen molar-refractivity contribution in [1.82, 2.24) is 0 Å². The van der Waals surface area contributed by atoms with Crippen LogP contribution in [-0.2, 0) is 0 Å². The molecule has 2 aromatic carbocycles. The number of rotatable bonds is 2. The van der Waals surface area contributed by atoms with E-state index in [2.05, 4.69) is 6.92 Å². The lowest BCUT2D eigenvalue weighted by Crippen LogP contribution is -1.90. The molecule has 0 saturated heterocycles. The Morgan fingerprint density at radius 3 is 2.64 bits per heavy atom. The first-order valence-corrected chi connectivity index (χ1v) is 4.79. The molecule has 0 N–H and O–H groups in total. The van der Waals surface area contributed by atoms with Crippen LogP contribution in [0.1, 0.15) is 0 Å². The Hall–Kier alpha value is -1.21. The van der Waals surface area contributed by atoms with Gasteiger partial charge in [-0.2, -0.15) is 0 Å². The fraction of sp³-hybridized carbons (Fsp3) is 0.0833. The van der Waals surface area contributed by atoms with Gasteiger partial charge in [0, 0.05) is 5.02 Å². The van der Waals surface area contributed by atoms with Crippen molar-refractivity contribution < 1.29 is 4.74 Å². The molecule has 0 aliphatic heterocycles. The molecule has 2 rings (SSSR count). The third-order valence-corrected chi connectivity index (χ3v) is 2.28. The molecule has 0 fully saturated rings. The number of benzene rings is 2. The summed E-state index contributed by atoms with van der Waals surface area (Å²) in [7, 11) is 0. The van der Waals surface area contributed by atoms with E-state index in [0.717, 1.165) is 21.5 Å². The van der Waals surface area contributed by atoms with E-state index >= 15 is 0 Å². The van der Waals surface area contributed by atoms with E-state index in [9.17, 15) is 0 Å². The van der Waals surface area contributed by atoms with Gasteiger partial charge in [0.05, 0.1) is 6.61 Å². The molecule has 0 atom stereocenters. The molecule has 0 unspecified atom stereocenters. The number of hydrogen-bond acceptors (Lipinski definition) is 1. The van der Waals surface area contributed by atoms with Crippen LogP contribution in [0.25, 0.3) is 10.8 Å². The zero-order valence-electron chi connectivity index (χ0n) is 7.66. The number of ether oxygens (including phenoxy) is 1. The van der Waals surface area contributed by atoms with Gasteiger partial charge >= 0.3 is 0 Å². The van der Waals surface area contributed by atoms with Gasteiger partial charge in [0.15, 0.2) is 0 Å². The first-order valence-electron chi connectivity index (χ1n) is 4.41. The average Bonchev–Trinajstić information content (AvgIpc) is 2.17. The van der Waals surface area contributed by atoms with Crippen molar-refractivity contribution in [3.63, 3.8) is 0 Å². The Labute approximate surface area is 88.3 Å². The third-order valence-electron chi connectivity index (χ3n) is 2.04. The molecular weight excluding hydrogens is 196 g/mol. The minimum atomic E-state index is 0.437. The topological polar surface area (TPSA) is 9.23 Å². The lowest BCUT2D eigenvalue weighted by molar-refractivity contribution is 0.361. The molecule has 1 nitrogen and oxygen atoms in total. The third kappa shape index (κ3) is 1.83. The molecule has 0 spiro atoms. The van der Waals surface area contributed by atoms with E-state index in [1.54, 1.807) is 0 Å². The van der Waals surface area contributed by atoms with Crippen molar-refractivity contribution in [3.05, 3.63) is 48.3 Å². The molecule has 0 aliphatic rings. The maximum atomic E-state index is 5.89. The molecule has 0 amide bonds. The standard InChI is InChI=1S/C12H10ClO/c1-2-14-12-6-4-9-3-5-11(13)7-10(9)8-12/h3-8H,1-2H2. The van der Waals surface area contributed by atoms with Crippen molar-refractivity contribution in [3.8, 4) is 5.75 Å². The molecule has 71 valence electrons. The highest BCUT2D eigenvalue weighted by molar-refractivity contribution is 6.31. The number of halogens is 1. The second kappa shape index (κ2) is 3.89. The molecule has 2 aromatic rings. The number of hydrogen-bond donors (Lipinski definition) is 0. The van der Waals surface area contributed by atoms with Crippen LogP contribution in [0.15, 0.2) is 36.4 Å². The Morgan fingerprint density at radius 2 is 1.86 bits per heavy atom. The summed E-state index contributed by atoms with van der Waals surface area (Å²) in [6, 6.07) is 11.7. The maximum absolute atomic E-state index is 5.89. The monoisotopic (exact) mass is 205 g/mol. The molecule has 14 heavy (non-hydrogen) atoms. The van der Waals surface area contributed by atoms with Crippen LogP contribution < -0.4 is 4.74 Å². The van der Waals surface area contributed by atoms with Crippen molar-refractivity contribution in [2.75, 3.05) is 6.61 Å². The Kier molecular flexibility index (Phi) is 2.60. The molecule has 0 saturated carbocycles. The average molecular weight is 206 g/mol. The van der Waals surface area contributed by atoms with Gasteiger partial charge < -0.3 is 4.74 Å². The fourth-order valence-electron chi connectivity index (χ4n) is 1.40. The summed E-state index contributed by atoms with van der Waals surface area (Å²) in [5, 5.41) is 2.98. The first kappa shape index (κ1) is 9.35. The molecule has 0 bridgehead atoms. The van der Waals surface area contributed by atoms with E-state index in [0.29, 0.717) is 6.61 Å². The molecule has 0 aromatic heterocycles. The van der Waals surface area contributed by atoms with Crippen molar-refractivity contribution in [1.29, 1.82) is 0 Å². The van der Waals surface area contributed by atoms with E-state index in [4.69, 9.17) is 16.3 Å². The zero-order chi connectivity index (χ0) is 9.97. The van der Waals surface area contributed by atoms with Crippen molar-refractivity contribution >= 4 is 22.4 Å². The zero-order valence-corrected chi connectivity index (χ0v) is 8.42. The predicted molar refractivity (Wildman–Crippen MR) is 59.8 cm³/mol. The second-order valence-corrected chi connectivity index (χ2v) is 3.44. The van der Waals surface area contributed by atoms with Gasteiger partial charge in [-0.15, -0.1) is 0 Å². The van der Waals surface area contributed by atoms with Crippen molar-refractivity contribution in [2.24, 2.45) is 0 Å². The summed E-state index contributed by atoms with van der Waals surface area (Å²) < 4.78 is 5.30. The van der Waals surface area contributed by atoms with Gasteiger partial charge in [-0.1, -0.05) is 23.7 Å². The van der Waals surface area contributed by atoms with Gasteiger partial charge in [-0.05, 0) is 42.0 Å². The van der Waals surface area contributed by atoms with E-state index in [1.165, 1.54) is 0 Å². The summed E-state index contributed by atoms with van der Waals surface area (Å²) in [6.45, 7) is 4.07. The highest BCUT2D eigenvalue weighted by atomic mass is 35.5. The van der Waals surface area contributed by atoms with Gasteiger partial charge in [0.2, 0.25) is 0 Å². The lowest BCUT2D eigenvalue weighted by atomic mass is 10.1.